The van der Waals surface area contributed by atoms with Crippen molar-refractivity contribution >= 4 is 17.3 Å². The number of nitrogens with zero attached hydrogens (tertiary/aromatic N) is 1. The minimum atomic E-state index is -0.800. The maximum atomic E-state index is 10.2. The molecule has 0 spiro atoms. The van der Waals surface area contributed by atoms with E-state index in [1.54, 1.807) is 49.8 Å². The van der Waals surface area contributed by atoms with Gasteiger partial charge in [-0.3, -0.25) is 9.78 Å². The van der Waals surface area contributed by atoms with Crippen LogP contribution in [0.4, 0.5) is 0 Å². The SMILES string of the molecule is O=C(O)Cc1cc[c-]cc1.[CH2-]c1nc(-c2ccc(OC)cc2)c(-c2ccc(OC)cc2)s1.[Y]. The molecule has 0 bridgehead atoms. The van der Waals surface area contributed by atoms with Crippen molar-refractivity contribution < 1.29 is 52.1 Å². The van der Waals surface area contributed by atoms with Crippen molar-refractivity contribution in [1.82, 2.24) is 4.98 Å². The second-order valence-electron chi connectivity index (χ2n) is 6.72. The van der Waals surface area contributed by atoms with Gasteiger partial charge in [0.1, 0.15) is 11.5 Å². The van der Waals surface area contributed by atoms with E-state index < -0.39 is 5.97 Å². The number of hydrogen-bond acceptors (Lipinski definition) is 5. The molecule has 1 N–H and O–H groups in total. The van der Waals surface area contributed by atoms with Crippen LogP contribution >= 0.6 is 11.3 Å². The molecule has 0 amide bonds. The second kappa shape index (κ2) is 13.1. The zero-order chi connectivity index (χ0) is 22.9. The van der Waals surface area contributed by atoms with Crippen molar-refractivity contribution in [3.8, 4) is 33.2 Å². The van der Waals surface area contributed by atoms with E-state index in [4.69, 9.17) is 14.6 Å². The molecule has 0 aliphatic heterocycles. The first-order chi connectivity index (χ1) is 15.5. The van der Waals surface area contributed by atoms with Crippen LogP contribution in [0.25, 0.3) is 21.7 Å². The normalized spacial score (nSPS) is 9.76. The number of hydrogen-bond donors (Lipinski definition) is 1. The summed E-state index contributed by atoms with van der Waals surface area (Å²) >= 11 is 1.59. The van der Waals surface area contributed by atoms with Crippen LogP contribution in [0.5, 0.6) is 11.5 Å². The summed E-state index contributed by atoms with van der Waals surface area (Å²) in [5.41, 5.74) is 3.92. The topological polar surface area (TPSA) is 68.7 Å². The molecule has 0 saturated heterocycles. The Bertz CT molecular complexity index is 1080. The molecule has 0 fully saturated rings. The standard InChI is InChI=1S/C18H16NO2S.C8H7O2.Y/c1-12-19-17(13-4-8-15(20-2)9-5-13)18(22-12)14-6-10-16(21-3)11-7-14;9-8(10)6-7-4-2-1-3-5-7;/h4-11H,1H2,2-3H3;2-5H,6H2,(H,9,10);/q2*-1;. The van der Waals surface area contributed by atoms with E-state index in [1.165, 1.54) is 0 Å². The first-order valence-corrected chi connectivity index (χ1v) is 10.6. The van der Waals surface area contributed by atoms with Crippen molar-refractivity contribution in [1.29, 1.82) is 0 Å². The maximum Gasteiger partial charge on any atom is 0.305 e. The molecule has 167 valence electrons. The van der Waals surface area contributed by atoms with Crippen LogP contribution in [-0.2, 0) is 43.9 Å². The Hall–Kier alpha value is -2.67. The molecule has 33 heavy (non-hydrogen) atoms. The molecule has 0 aliphatic carbocycles. The van der Waals surface area contributed by atoms with Gasteiger partial charge in [0, 0.05) is 44.7 Å². The van der Waals surface area contributed by atoms with Gasteiger partial charge >= 0.3 is 5.97 Å². The quantitative estimate of drug-likeness (QED) is 0.318. The number of carboxylic acids is 1. The molecule has 3 aromatic carbocycles. The molecule has 0 unspecified atom stereocenters. The zero-order valence-corrected chi connectivity index (χ0v) is 22.1. The fraction of sp³-hybridized carbons (Fsp3) is 0.115. The van der Waals surface area contributed by atoms with Crippen LogP contribution in [-0.4, -0.2) is 30.3 Å². The van der Waals surface area contributed by atoms with Gasteiger partial charge in [-0.1, -0.05) is 0 Å². The van der Waals surface area contributed by atoms with Gasteiger partial charge in [-0.05, 0) is 59.1 Å². The largest absolute Gasteiger partial charge is 0.497 e. The van der Waals surface area contributed by atoms with E-state index in [0.29, 0.717) is 0 Å². The number of benzene rings is 3. The predicted octanol–water partition coefficient (Wildman–Crippen LogP) is 5.79. The average molecular weight is 534 g/mol. The third kappa shape index (κ3) is 7.70. The van der Waals surface area contributed by atoms with Gasteiger partial charge < -0.3 is 21.5 Å². The monoisotopic (exact) mass is 534 g/mol. The van der Waals surface area contributed by atoms with Crippen LogP contribution in [0.15, 0.2) is 72.8 Å². The summed E-state index contributed by atoms with van der Waals surface area (Å²) in [5, 5.41) is 9.16. The van der Waals surface area contributed by atoms with E-state index >= 15 is 0 Å². The number of ether oxygens (including phenoxy) is 2. The molecular formula is C26H23NO4SY-2. The number of rotatable bonds is 6. The summed E-state index contributed by atoms with van der Waals surface area (Å²) in [6, 6.07) is 25.6. The summed E-state index contributed by atoms with van der Waals surface area (Å²) in [4.78, 5) is 15.9. The van der Waals surface area contributed by atoms with E-state index in [1.807, 2.05) is 48.5 Å². The maximum absolute atomic E-state index is 10.2. The third-order valence-corrected chi connectivity index (χ3v) is 5.49. The van der Waals surface area contributed by atoms with E-state index in [2.05, 4.69) is 18.0 Å². The van der Waals surface area contributed by atoms with Crippen molar-refractivity contribution in [2.24, 2.45) is 0 Å². The van der Waals surface area contributed by atoms with E-state index in [0.717, 1.165) is 43.8 Å². The summed E-state index contributed by atoms with van der Waals surface area (Å²) < 4.78 is 10.4. The summed E-state index contributed by atoms with van der Waals surface area (Å²) in [6.45, 7) is 3.98. The van der Waals surface area contributed by atoms with Gasteiger partial charge in [0.25, 0.3) is 0 Å². The van der Waals surface area contributed by atoms with Crippen molar-refractivity contribution in [2.45, 2.75) is 6.42 Å². The van der Waals surface area contributed by atoms with Gasteiger partial charge in [-0.2, -0.15) is 41.7 Å². The van der Waals surface area contributed by atoms with Gasteiger partial charge in [0.15, 0.2) is 0 Å². The number of aliphatic carboxylic acids is 1. The van der Waals surface area contributed by atoms with Gasteiger partial charge in [-0.15, -0.1) is 5.56 Å². The fourth-order valence-corrected chi connectivity index (χ4v) is 3.85. The van der Waals surface area contributed by atoms with E-state index in [-0.39, 0.29) is 39.1 Å². The predicted molar refractivity (Wildman–Crippen MR) is 127 cm³/mol. The molecule has 1 radical (unpaired) electrons. The van der Waals surface area contributed by atoms with Gasteiger partial charge in [-0.25, -0.2) is 0 Å². The minimum Gasteiger partial charge on any atom is -0.497 e. The van der Waals surface area contributed by atoms with Crippen molar-refractivity contribution in [3.05, 3.63) is 96.4 Å². The second-order valence-corrected chi connectivity index (χ2v) is 7.80. The summed E-state index contributed by atoms with van der Waals surface area (Å²) in [7, 11) is 3.33. The summed E-state index contributed by atoms with van der Waals surface area (Å²) in [6.07, 6.45) is 0.0919. The number of carbonyl (C=O) groups is 1. The number of aromatic nitrogens is 1. The van der Waals surface area contributed by atoms with Crippen LogP contribution in [0, 0.1) is 13.0 Å². The molecule has 4 rings (SSSR count). The smallest absolute Gasteiger partial charge is 0.305 e. The molecule has 0 atom stereocenters. The van der Waals surface area contributed by atoms with Crippen LogP contribution in [0.2, 0.25) is 0 Å². The Morgan fingerprint density at radius 3 is 1.94 bits per heavy atom. The Morgan fingerprint density at radius 2 is 1.45 bits per heavy atom. The summed E-state index contributed by atoms with van der Waals surface area (Å²) in [5.74, 6) is 0.875. The molecule has 0 aliphatic rings. The molecular weight excluding hydrogens is 511 g/mol. The fourth-order valence-electron chi connectivity index (χ4n) is 2.96. The Morgan fingerprint density at radius 1 is 0.939 bits per heavy atom. The first kappa shape index (κ1) is 26.6. The van der Waals surface area contributed by atoms with Crippen LogP contribution in [0.1, 0.15) is 10.6 Å². The van der Waals surface area contributed by atoms with Crippen LogP contribution < -0.4 is 9.47 Å². The molecule has 4 aromatic rings. The molecule has 5 nitrogen and oxygen atoms in total. The molecule has 1 heterocycles. The van der Waals surface area contributed by atoms with E-state index in [9.17, 15) is 4.79 Å². The van der Waals surface area contributed by atoms with Crippen molar-refractivity contribution in [2.75, 3.05) is 14.2 Å². The van der Waals surface area contributed by atoms with Crippen LogP contribution in [0.3, 0.4) is 0 Å². The Kier molecular flexibility index (Phi) is 10.6. The van der Waals surface area contributed by atoms with Gasteiger partial charge in [0.2, 0.25) is 0 Å². The molecule has 0 saturated carbocycles. The first-order valence-electron chi connectivity index (χ1n) is 9.78. The number of thiazole rings is 1. The number of methoxy groups -OCH3 is 2. The third-order valence-electron chi connectivity index (χ3n) is 4.53. The minimum absolute atomic E-state index is 0. The number of carboxylic acid groups (broad SMARTS) is 1. The molecule has 7 heteroatoms. The average Bonchev–Trinajstić information content (AvgIpc) is 3.21. The Balaban J connectivity index is 0.000000297. The Labute approximate surface area is 223 Å². The van der Waals surface area contributed by atoms with Crippen molar-refractivity contribution in [3.63, 3.8) is 0 Å². The zero-order valence-electron chi connectivity index (χ0n) is 18.4. The molecule has 1 aromatic heterocycles. The van der Waals surface area contributed by atoms with Gasteiger partial charge in [0.05, 0.1) is 24.8 Å².